The second kappa shape index (κ2) is 4.45. The summed E-state index contributed by atoms with van der Waals surface area (Å²) in [4.78, 5) is 0. The molecule has 0 radical (unpaired) electrons. The van der Waals surface area contributed by atoms with Crippen LogP contribution in [0.15, 0.2) is 0 Å². The molecule has 0 spiro atoms. The largest absolute Gasteiger partial charge is 0.389 e. The van der Waals surface area contributed by atoms with Crippen LogP contribution in [0.5, 0.6) is 0 Å². The molecule has 0 bridgehead atoms. The maximum atomic E-state index is 10.7. The summed E-state index contributed by atoms with van der Waals surface area (Å²) < 4.78 is 0. The Bertz CT molecular complexity index is 205. The van der Waals surface area contributed by atoms with Gasteiger partial charge in [-0.25, -0.2) is 0 Å². The Labute approximate surface area is 94.3 Å². The van der Waals surface area contributed by atoms with E-state index in [2.05, 4.69) is 13.8 Å². The van der Waals surface area contributed by atoms with Crippen LogP contribution in [0.2, 0.25) is 0 Å². The van der Waals surface area contributed by atoms with E-state index in [1.165, 1.54) is 44.9 Å². The summed E-state index contributed by atoms with van der Waals surface area (Å²) in [6.07, 6.45) is 10.1. The van der Waals surface area contributed by atoms with Crippen molar-refractivity contribution >= 4 is 0 Å². The number of rotatable bonds is 2. The van der Waals surface area contributed by atoms with Gasteiger partial charge in [-0.05, 0) is 43.4 Å². The van der Waals surface area contributed by atoms with Gasteiger partial charge in [-0.1, -0.05) is 39.5 Å². The van der Waals surface area contributed by atoms with Gasteiger partial charge < -0.3 is 5.11 Å². The fraction of sp³-hybridized carbons (Fsp3) is 1.00. The summed E-state index contributed by atoms with van der Waals surface area (Å²) in [5.41, 5.74) is -0.293. The summed E-state index contributed by atoms with van der Waals surface area (Å²) in [6.45, 7) is 4.55. The molecule has 15 heavy (non-hydrogen) atoms. The Morgan fingerprint density at radius 3 is 2.27 bits per heavy atom. The summed E-state index contributed by atoms with van der Waals surface area (Å²) in [5, 5.41) is 10.7. The van der Waals surface area contributed by atoms with Crippen molar-refractivity contribution < 1.29 is 5.11 Å². The highest BCUT2D eigenvalue weighted by Crippen LogP contribution is 2.47. The molecule has 0 amide bonds. The molecule has 2 rings (SSSR count). The van der Waals surface area contributed by atoms with Crippen LogP contribution in [0.3, 0.4) is 0 Å². The van der Waals surface area contributed by atoms with Crippen LogP contribution < -0.4 is 0 Å². The van der Waals surface area contributed by atoms with Gasteiger partial charge in [0.05, 0.1) is 5.60 Å². The van der Waals surface area contributed by atoms with Gasteiger partial charge in [0.2, 0.25) is 0 Å². The number of hydrogen-bond donors (Lipinski definition) is 1. The Hall–Kier alpha value is -0.0400. The first-order chi connectivity index (χ1) is 7.16. The molecule has 0 aromatic carbocycles. The van der Waals surface area contributed by atoms with Crippen molar-refractivity contribution in [2.75, 3.05) is 0 Å². The lowest BCUT2D eigenvalue weighted by atomic mass is 9.69. The van der Waals surface area contributed by atoms with Crippen LogP contribution in [0.25, 0.3) is 0 Å². The number of hydrogen-bond acceptors (Lipinski definition) is 1. The van der Waals surface area contributed by atoms with Crippen molar-refractivity contribution in [3.05, 3.63) is 0 Å². The zero-order valence-corrected chi connectivity index (χ0v) is 10.3. The predicted octanol–water partition coefficient (Wildman–Crippen LogP) is 3.75. The molecule has 88 valence electrons. The van der Waals surface area contributed by atoms with Crippen molar-refractivity contribution in [3.8, 4) is 0 Å². The van der Waals surface area contributed by atoms with Gasteiger partial charge in [0.1, 0.15) is 0 Å². The second-order valence-corrected chi connectivity index (χ2v) is 5.91. The highest BCUT2D eigenvalue weighted by molar-refractivity contribution is 4.96. The Balaban J connectivity index is 1.94. The maximum Gasteiger partial charge on any atom is 0.0701 e. The van der Waals surface area contributed by atoms with E-state index in [1.807, 2.05) is 0 Å². The fourth-order valence-corrected chi connectivity index (χ4v) is 3.86. The van der Waals surface area contributed by atoms with Gasteiger partial charge in [-0.15, -0.1) is 0 Å². The van der Waals surface area contributed by atoms with Gasteiger partial charge in [-0.3, -0.25) is 0 Å². The van der Waals surface area contributed by atoms with Crippen LogP contribution in [0.1, 0.15) is 65.2 Å². The van der Waals surface area contributed by atoms with Gasteiger partial charge >= 0.3 is 0 Å². The van der Waals surface area contributed by atoms with E-state index < -0.39 is 0 Å². The summed E-state index contributed by atoms with van der Waals surface area (Å²) in [7, 11) is 0. The lowest BCUT2D eigenvalue weighted by molar-refractivity contribution is -0.0632. The van der Waals surface area contributed by atoms with E-state index in [9.17, 15) is 5.11 Å². The molecule has 0 aromatic heterocycles. The van der Waals surface area contributed by atoms with Crippen LogP contribution in [0.4, 0.5) is 0 Å². The zero-order chi connectivity index (χ0) is 10.9. The molecule has 2 aliphatic rings. The van der Waals surface area contributed by atoms with Crippen molar-refractivity contribution in [1.29, 1.82) is 0 Å². The van der Waals surface area contributed by atoms with Gasteiger partial charge in [0, 0.05) is 0 Å². The molecule has 0 saturated heterocycles. The third-order valence-corrected chi connectivity index (χ3v) is 5.20. The summed E-state index contributed by atoms with van der Waals surface area (Å²) >= 11 is 0. The second-order valence-electron chi connectivity index (χ2n) is 5.91. The molecule has 1 heteroatoms. The smallest absolute Gasteiger partial charge is 0.0701 e. The van der Waals surface area contributed by atoms with E-state index in [0.29, 0.717) is 11.8 Å². The van der Waals surface area contributed by atoms with Crippen LogP contribution in [-0.2, 0) is 0 Å². The standard InChI is InChI=1S/C14H26O/c1-3-12-6-8-13(9-7-12)14(15)10-4-5-11(14)2/h11-13,15H,3-10H2,1-2H3. The minimum absolute atomic E-state index is 0.293. The molecule has 2 fully saturated rings. The molecule has 0 heterocycles. The average Bonchev–Trinajstić information content (AvgIpc) is 2.61. The number of aliphatic hydroxyl groups is 1. The SMILES string of the molecule is CCC1CCC(C2(O)CCCC2C)CC1. The minimum atomic E-state index is -0.293. The third kappa shape index (κ3) is 2.08. The molecule has 1 nitrogen and oxygen atoms in total. The van der Waals surface area contributed by atoms with Crippen LogP contribution in [0, 0.1) is 17.8 Å². The van der Waals surface area contributed by atoms with Crippen LogP contribution in [-0.4, -0.2) is 10.7 Å². The monoisotopic (exact) mass is 210 g/mol. The molecule has 1 N–H and O–H groups in total. The van der Waals surface area contributed by atoms with Crippen LogP contribution >= 0.6 is 0 Å². The molecule has 2 unspecified atom stereocenters. The predicted molar refractivity (Wildman–Crippen MR) is 63.7 cm³/mol. The average molecular weight is 210 g/mol. The summed E-state index contributed by atoms with van der Waals surface area (Å²) in [6, 6.07) is 0. The van der Waals surface area contributed by atoms with Crippen molar-refractivity contribution in [2.45, 2.75) is 70.8 Å². The third-order valence-electron chi connectivity index (χ3n) is 5.20. The molecular formula is C14H26O. The topological polar surface area (TPSA) is 20.2 Å². The Kier molecular flexibility index (Phi) is 3.39. The van der Waals surface area contributed by atoms with E-state index in [4.69, 9.17) is 0 Å². The minimum Gasteiger partial charge on any atom is -0.389 e. The molecule has 2 saturated carbocycles. The van der Waals surface area contributed by atoms with Crippen molar-refractivity contribution in [2.24, 2.45) is 17.8 Å². The van der Waals surface area contributed by atoms with Gasteiger partial charge in [0.15, 0.2) is 0 Å². The normalized spacial score (nSPS) is 47.0. The van der Waals surface area contributed by atoms with Crippen molar-refractivity contribution in [1.82, 2.24) is 0 Å². The zero-order valence-electron chi connectivity index (χ0n) is 10.3. The Morgan fingerprint density at radius 2 is 1.80 bits per heavy atom. The van der Waals surface area contributed by atoms with E-state index >= 15 is 0 Å². The Morgan fingerprint density at radius 1 is 1.13 bits per heavy atom. The van der Waals surface area contributed by atoms with Gasteiger partial charge in [0.25, 0.3) is 0 Å². The molecule has 0 aliphatic heterocycles. The first-order valence-electron chi connectivity index (χ1n) is 6.89. The summed E-state index contributed by atoms with van der Waals surface area (Å²) in [5.74, 6) is 2.10. The highest BCUT2D eigenvalue weighted by Gasteiger charge is 2.45. The fourth-order valence-electron chi connectivity index (χ4n) is 3.86. The lowest BCUT2D eigenvalue weighted by Crippen LogP contribution is -2.42. The van der Waals surface area contributed by atoms with Crippen molar-refractivity contribution in [3.63, 3.8) is 0 Å². The highest BCUT2D eigenvalue weighted by atomic mass is 16.3. The van der Waals surface area contributed by atoms with E-state index in [1.54, 1.807) is 0 Å². The molecular weight excluding hydrogens is 184 g/mol. The first kappa shape index (κ1) is 11.4. The quantitative estimate of drug-likeness (QED) is 0.736. The van der Waals surface area contributed by atoms with E-state index in [-0.39, 0.29) is 5.60 Å². The van der Waals surface area contributed by atoms with Gasteiger partial charge in [-0.2, -0.15) is 0 Å². The van der Waals surface area contributed by atoms with E-state index in [0.717, 1.165) is 12.3 Å². The lowest BCUT2D eigenvalue weighted by Gasteiger charge is -2.40. The molecule has 2 aliphatic carbocycles. The molecule has 2 atom stereocenters. The molecule has 0 aromatic rings. The first-order valence-corrected chi connectivity index (χ1v) is 6.89. The maximum absolute atomic E-state index is 10.7.